The van der Waals surface area contributed by atoms with E-state index in [1.807, 2.05) is 0 Å². The number of likely N-dealkylation sites (tertiary alicyclic amines) is 1. The molecule has 3 rings (SSSR count). The number of benzene rings is 1. The lowest BCUT2D eigenvalue weighted by Crippen LogP contribution is -2.54. The van der Waals surface area contributed by atoms with Crippen molar-refractivity contribution in [2.75, 3.05) is 13.1 Å². The zero-order chi connectivity index (χ0) is 17.1. The second-order valence-electron chi connectivity index (χ2n) is 5.88. The van der Waals surface area contributed by atoms with Gasteiger partial charge < -0.3 is 15.0 Å². The largest absolute Gasteiger partial charge is 0.370 e. The minimum atomic E-state index is -0.643. The molecule has 0 radical (unpaired) electrons. The van der Waals surface area contributed by atoms with Crippen LogP contribution >= 0.6 is 0 Å². The number of nitrogens with one attached hydrogen (secondary N) is 2. The van der Waals surface area contributed by atoms with Gasteiger partial charge >= 0.3 is 6.03 Å². The van der Waals surface area contributed by atoms with E-state index in [4.69, 9.17) is 4.74 Å². The fraction of sp³-hybridized carbons (Fsp3) is 0.438. The Kier molecular flexibility index (Phi) is 4.75. The Morgan fingerprint density at radius 1 is 1.29 bits per heavy atom. The molecule has 1 unspecified atom stereocenters. The van der Waals surface area contributed by atoms with E-state index in [0.29, 0.717) is 18.7 Å². The maximum atomic E-state index is 13.5. The van der Waals surface area contributed by atoms with Crippen molar-refractivity contribution in [2.45, 2.75) is 31.6 Å². The molecule has 1 aromatic rings. The van der Waals surface area contributed by atoms with Gasteiger partial charge in [0.25, 0.3) is 5.91 Å². The number of carbonyl (C=O) groups is 3. The van der Waals surface area contributed by atoms with Crippen LogP contribution < -0.4 is 10.6 Å². The Balaban J connectivity index is 1.35. The molecule has 0 bridgehead atoms. The molecule has 8 heteroatoms. The van der Waals surface area contributed by atoms with Gasteiger partial charge in [0.05, 0.1) is 12.7 Å². The average Bonchev–Trinajstić information content (AvgIpc) is 2.83. The first-order chi connectivity index (χ1) is 11.5. The highest BCUT2D eigenvalue weighted by molar-refractivity contribution is 6.04. The van der Waals surface area contributed by atoms with Gasteiger partial charge in [-0.2, -0.15) is 0 Å². The predicted molar refractivity (Wildman–Crippen MR) is 81.3 cm³/mol. The Bertz CT molecular complexity index is 660. The van der Waals surface area contributed by atoms with Crippen molar-refractivity contribution in [1.29, 1.82) is 0 Å². The van der Waals surface area contributed by atoms with Crippen LogP contribution in [0.5, 0.6) is 0 Å². The fourth-order valence-electron chi connectivity index (χ4n) is 2.66. The number of urea groups is 1. The zero-order valence-corrected chi connectivity index (χ0v) is 13.0. The molecule has 4 amide bonds. The summed E-state index contributed by atoms with van der Waals surface area (Å²) >= 11 is 0. The van der Waals surface area contributed by atoms with Gasteiger partial charge in [-0.3, -0.25) is 14.9 Å². The van der Waals surface area contributed by atoms with Crippen molar-refractivity contribution in [1.82, 2.24) is 15.5 Å². The number of hydrogen-bond donors (Lipinski definition) is 2. The zero-order valence-electron chi connectivity index (χ0n) is 13.0. The summed E-state index contributed by atoms with van der Waals surface area (Å²) in [6, 6.07) is 5.25. The van der Waals surface area contributed by atoms with Gasteiger partial charge in [0.1, 0.15) is 11.9 Å². The summed E-state index contributed by atoms with van der Waals surface area (Å²) in [5.74, 6) is -0.793. The number of hydrogen-bond acceptors (Lipinski definition) is 4. The van der Waals surface area contributed by atoms with Crippen molar-refractivity contribution in [3.05, 3.63) is 35.6 Å². The van der Waals surface area contributed by atoms with Crippen molar-refractivity contribution < 1.29 is 23.5 Å². The van der Waals surface area contributed by atoms with Crippen molar-refractivity contribution in [3.63, 3.8) is 0 Å². The third kappa shape index (κ3) is 3.70. The third-order valence-corrected chi connectivity index (χ3v) is 4.14. The second kappa shape index (κ2) is 6.96. The minimum Gasteiger partial charge on any atom is -0.370 e. The smallest absolute Gasteiger partial charge is 0.322 e. The molecule has 2 heterocycles. The fourth-order valence-corrected chi connectivity index (χ4v) is 2.66. The molecule has 24 heavy (non-hydrogen) atoms. The summed E-state index contributed by atoms with van der Waals surface area (Å²) in [6.45, 7) is 1.08. The van der Waals surface area contributed by atoms with E-state index in [0.717, 1.165) is 0 Å². The highest BCUT2D eigenvalue weighted by atomic mass is 19.1. The van der Waals surface area contributed by atoms with Gasteiger partial charge in [-0.1, -0.05) is 18.2 Å². The second-order valence-corrected chi connectivity index (χ2v) is 5.88. The number of rotatable bonds is 6. The van der Waals surface area contributed by atoms with E-state index < -0.39 is 18.0 Å². The van der Waals surface area contributed by atoms with Crippen LogP contribution in [0, 0.1) is 5.82 Å². The number of amides is 4. The molecule has 2 fully saturated rings. The molecule has 1 aromatic carbocycles. The summed E-state index contributed by atoms with van der Waals surface area (Å²) in [5.41, 5.74) is 0.491. The highest BCUT2D eigenvalue weighted by Crippen LogP contribution is 2.17. The predicted octanol–water partition coefficient (Wildman–Crippen LogP) is 0.541. The lowest BCUT2D eigenvalue weighted by Gasteiger charge is -2.39. The third-order valence-electron chi connectivity index (χ3n) is 4.14. The summed E-state index contributed by atoms with van der Waals surface area (Å²) in [6.07, 6.45) is 0.342. The standard InChI is InChI=1S/C16H18FN3O4/c17-12-4-2-1-3-10(12)9-24-11-7-20(8-11)14(21)6-5-13-15(22)19-16(23)18-13/h1-4,11,13H,5-9H2,(H2,18,19,22,23). The minimum absolute atomic E-state index is 0.0882. The molecule has 1 atom stereocenters. The number of ether oxygens (including phenoxy) is 1. The molecule has 0 spiro atoms. The molecule has 2 aliphatic rings. The Labute approximate surface area is 138 Å². The quantitative estimate of drug-likeness (QED) is 0.743. The van der Waals surface area contributed by atoms with Crippen LogP contribution in [0.4, 0.5) is 9.18 Å². The monoisotopic (exact) mass is 335 g/mol. The van der Waals surface area contributed by atoms with Crippen LogP contribution in [0.15, 0.2) is 24.3 Å². The van der Waals surface area contributed by atoms with Crippen molar-refractivity contribution in [3.8, 4) is 0 Å². The summed E-state index contributed by atoms with van der Waals surface area (Å²) < 4.78 is 19.0. The summed E-state index contributed by atoms with van der Waals surface area (Å²) in [7, 11) is 0. The number of imide groups is 1. The molecule has 0 aromatic heterocycles. The maximum Gasteiger partial charge on any atom is 0.322 e. The molecular formula is C16H18FN3O4. The van der Waals surface area contributed by atoms with Crippen LogP contribution in [0.2, 0.25) is 0 Å². The van der Waals surface area contributed by atoms with Crippen LogP contribution in [-0.2, 0) is 20.9 Å². The van der Waals surface area contributed by atoms with Crippen LogP contribution in [0.3, 0.4) is 0 Å². The van der Waals surface area contributed by atoms with Crippen LogP contribution in [0.1, 0.15) is 18.4 Å². The first-order valence-electron chi connectivity index (χ1n) is 7.77. The van der Waals surface area contributed by atoms with Gasteiger partial charge in [0, 0.05) is 25.1 Å². The Morgan fingerprint density at radius 2 is 2.04 bits per heavy atom. The number of nitrogens with zero attached hydrogens (tertiary/aromatic N) is 1. The van der Waals surface area contributed by atoms with Gasteiger partial charge in [-0.25, -0.2) is 9.18 Å². The van der Waals surface area contributed by atoms with Gasteiger partial charge in [0.15, 0.2) is 0 Å². The van der Waals surface area contributed by atoms with Gasteiger partial charge in [-0.15, -0.1) is 0 Å². The van der Waals surface area contributed by atoms with Crippen molar-refractivity contribution >= 4 is 17.8 Å². The molecule has 0 saturated carbocycles. The first kappa shape index (κ1) is 16.4. The van der Waals surface area contributed by atoms with E-state index in [2.05, 4.69) is 10.6 Å². The van der Waals surface area contributed by atoms with Gasteiger partial charge in [0.2, 0.25) is 5.91 Å². The lowest BCUT2D eigenvalue weighted by molar-refractivity contribution is -0.146. The normalized spacial score (nSPS) is 20.5. The van der Waals surface area contributed by atoms with E-state index >= 15 is 0 Å². The average molecular weight is 335 g/mol. The highest BCUT2D eigenvalue weighted by Gasteiger charge is 2.34. The van der Waals surface area contributed by atoms with Gasteiger partial charge in [-0.05, 0) is 12.5 Å². The van der Waals surface area contributed by atoms with Crippen LogP contribution in [-0.4, -0.2) is 48.0 Å². The van der Waals surface area contributed by atoms with E-state index in [1.54, 1.807) is 23.1 Å². The first-order valence-corrected chi connectivity index (χ1v) is 7.77. The molecule has 7 nitrogen and oxygen atoms in total. The number of halogens is 1. The molecule has 128 valence electrons. The molecular weight excluding hydrogens is 317 g/mol. The Morgan fingerprint density at radius 3 is 2.71 bits per heavy atom. The Hall–Kier alpha value is -2.48. The van der Waals surface area contributed by atoms with E-state index in [1.165, 1.54) is 6.07 Å². The summed E-state index contributed by atoms with van der Waals surface area (Å²) in [4.78, 5) is 36.0. The molecule has 0 aliphatic carbocycles. The van der Waals surface area contributed by atoms with Crippen molar-refractivity contribution in [2.24, 2.45) is 0 Å². The SMILES string of the molecule is O=C1NC(=O)C(CCC(=O)N2CC(OCc3ccccc3F)C2)N1. The van der Waals surface area contributed by atoms with E-state index in [-0.39, 0.29) is 37.3 Å². The van der Waals surface area contributed by atoms with E-state index in [9.17, 15) is 18.8 Å². The number of carbonyl (C=O) groups excluding carboxylic acids is 3. The topological polar surface area (TPSA) is 87.7 Å². The maximum absolute atomic E-state index is 13.5. The lowest BCUT2D eigenvalue weighted by atomic mass is 10.1. The molecule has 2 aliphatic heterocycles. The molecule has 2 saturated heterocycles. The summed E-state index contributed by atoms with van der Waals surface area (Å²) in [5, 5.41) is 4.58. The molecule has 2 N–H and O–H groups in total. The van der Waals surface area contributed by atoms with Crippen LogP contribution in [0.25, 0.3) is 0 Å².